The highest BCUT2D eigenvalue weighted by atomic mass is 35.5. The molecule has 2 aromatic rings. The number of carbonyl (C=O) groups is 2. The molecule has 7 nitrogen and oxygen atoms in total. The number of nitriles is 1. The number of nitrogens with one attached hydrogen (secondary N) is 2. The van der Waals surface area contributed by atoms with Gasteiger partial charge in [-0.25, -0.2) is 0 Å². The average molecular weight is 488 g/mol. The Morgan fingerprint density at radius 2 is 1.76 bits per heavy atom. The average Bonchev–Trinajstić information content (AvgIpc) is 3.58. The number of nitrogens with zero attached hydrogens (tertiary/aromatic N) is 1. The second kappa shape index (κ2) is 11.6. The number of hydrogen-bond acceptors (Lipinski definition) is 5. The number of fused-ring (bicyclic) bond motifs is 9. The van der Waals surface area contributed by atoms with Gasteiger partial charge in [-0.05, 0) is 67.3 Å². The van der Waals surface area contributed by atoms with Crippen LogP contribution in [-0.4, -0.2) is 37.6 Å². The highest BCUT2D eigenvalue weighted by Crippen LogP contribution is 2.33. The molecular formula is C24H23Cl2N3O4. The molecule has 0 atom stereocenters. The lowest BCUT2D eigenvalue weighted by molar-refractivity contribution is -0.110. The predicted molar refractivity (Wildman–Crippen MR) is 126 cm³/mol. The minimum Gasteiger partial charge on any atom is -0.489 e. The number of halogens is 2. The molecule has 0 aromatic heterocycles. The molecule has 0 radical (unpaired) electrons. The highest BCUT2D eigenvalue weighted by Gasteiger charge is 2.42. The van der Waals surface area contributed by atoms with Crippen molar-refractivity contribution >= 4 is 35.5 Å². The van der Waals surface area contributed by atoms with Crippen LogP contribution in [0.3, 0.4) is 0 Å². The number of amides is 2. The zero-order valence-corrected chi connectivity index (χ0v) is 19.3. The number of ether oxygens (including phenoxy) is 2. The van der Waals surface area contributed by atoms with Gasteiger partial charge in [-0.3, -0.25) is 9.59 Å². The summed E-state index contributed by atoms with van der Waals surface area (Å²) in [5.74, 6) is 0.901. The van der Waals surface area contributed by atoms with Gasteiger partial charge in [-0.15, -0.1) is 0 Å². The minimum atomic E-state index is -0.470. The Morgan fingerprint density at radius 3 is 2.36 bits per heavy atom. The van der Waals surface area contributed by atoms with E-state index in [2.05, 4.69) is 10.6 Å². The first-order valence-corrected chi connectivity index (χ1v) is 11.1. The SMILES string of the molecule is N#CC1(NC=O)CC1.O=C1NCCc2ccc(c(Cl)c2)OC/C=C/COc2ccc(Cl)cc21. The van der Waals surface area contributed by atoms with Gasteiger partial charge in [0.25, 0.3) is 5.91 Å². The van der Waals surface area contributed by atoms with Gasteiger partial charge in [0.1, 0.15) is 30.3 Å². The molecule has 1 aliphatic carbocycles. The van der Waals surface area contributed by atoms with Crippen molar-refractivity contribution in [2.75, 3.05) is 19.8 Å². The van der Waals surface area contributed by atoms with Crippen molar-refractivity contribution in [3.63, 3.8) is 0 Å². The van der Waals surface area contributed by atoms with Gasteiger partial charge in [-0.1, -0.05) is 29.3 Å². The minimum absolute atomic E-state index is 0.223. The summed E-state index contributed by atoms with van der Waals surface area (Å²) in [4.78, 5) is 22.2. The monoisotopic (exact) mass is 487 g/mol. The molecule has 0 saturated heterocycles. The van der Waals surface area contributed by atoms with Crippen LogP contribution in [0.25, 0.3) is 0 Å². The third kappa shape index (κ3) is 7.14. The Bertz CT molecular complexity index is 1080. The molecule has 9 heteroatoms. The lowest BCUT2D eigenvalue weighted by atomic mass is 10.1. The quantitative estimate of drug-likeness (QED) is 0.490. The van der Waals surface area contributed by atoms with Crippen molar-refractivity contribution in [2.24, 2.45) is 0 Å². The van der Waals surface area contributed by atoms with Crippen LogP contribution in [-0.2, 0) is 11.2 Å². The van der Waals surface area contributed by atoms with Crippen LogP contribution in [0.4, 0.5) is 0 Å². The lowest BCUT2D eigenvalue weighted by Crippen LogP contribution is -2.27. The molecule has 0 unspecified atom stereocenters. The summed E-state index contributed by atoms with van der Waals surface area (Å²) in [6.45, 7) is 1.18. The number of carbonyl (C=O) groups excluding carboxylic acids is 2. The number of hydrogen-bond donors (Lipinski definition) is 2. The van der Waals surface area contributed by atoms with Crippen LogP contribution in [0.2, 0.25) is 10.0 Å². The number of benzene rings is 2. The Balaban J connectivity index is 0.000000323. The van der Waals surface area contributed by atoms with Crippen LogP contribution < -0.4 is 20.1 Å². The third-order valence-electron chi connectivity index (χ3n) is 5.02. The topological polar surface area (TPSA) is 100 Å². The van der Waals surface area contributed by atoms with Gasteiger partial charge in [0.2, 0.25) is 6.41 Å². The molecule has 2 N–H and O–H groups in total. The van der Waals surface area contributed by atoms with E-state index in [1.54, 1.807) is 18.2 Å². The first-order valence-electron chi connectivity index (χ1n) is 10.4. The summed E-state index contributed by atoms with van der Waals surface area (Å²) in [6, 6.07) is 12.6. The maximum absolute atomic E-state index is 12.5. The van der Waals surface area contributed by atoms with Crippen molar-refractivity contribution in [2.45, 2.75) is 24.8 Å². The van der Waals surface area contributed by atoms with E-state index in [9.17, 15) is 9.59 Å². The van der Waals surface area contributed by atoms with E-state index < -0.39 is 5.54 Å². The molecule has 5 rings (SSSR count). The molecule has 2 heterocycles. The summed E-state index contributed by atoms with van der Waals surface area (Å²) in [7, 11) is 0. The summed E-state index contributed by atoms with van der Waals surface area (Å²) in [6.07, 6.45) is 6.51. The van der Waals surface area contributed by atoms with Crippen LogP contribution >= 0.6 is 23.2 Å². The highest BCUT2D eigenvalue weighted by molar-refractivity contribution is 6.32. The van der Waals surface area contributed by atoms with E-state index >= 15 is 0 Å². The van der Waals surface area contributed by atoms with Gasteiger partial charge in [0, 0.05) is 11.6 Å². The molecule has 2 bridgehead atoms. The fourth-order valence-electron chi connectivity index (χ4n) is 2.98. The Labute approximate surface area is 202 Å². The molecule has 172 valence electrons. The standard InChI is InChI=1S/C19H17Cl2NO3.C5H6N2O/c20-14-4-6-17-15(12-14)19(23)22-8-7-13-3-5-18(16(21)11-13)25-10-2-1-9-24-17;6-3-5(1-2-5)7-4-8/h1-6,11-12H,7-10H2,(H,22,23);4H,1-2H2,(H,7,8)/b2-1+;. The maximum atomic E-state index is 12.5. The summed E-state index contributed by atoms with van der Waals surface area (Å²) in [5.41, 5.74) is 0.961. The van der Waals surface area contributed by atoms with Crippen LogP contribution in [0, 0.1) is 11.3 Å². The van der Waals surface area contributed by atoms with E-state index in [4.69, 9.17) is 37.9 Å². The van der Waals surface area contributed by atoms with Crippen molar-refractivity contribution in [1.29, 1.82) is 5.26 Å². The fourth-order valence-corrected chi connectivity index (χ4v) is 3.41. The molecule has 3 aliphatic rings. The van der Waals surface area contributed by atoms with E-state index in [1.165, 1.54) is 0 Å². The smallest absolute Gasteiger partial charge is 0.255 e. The van der Waals surface area contributed by atoms with Gasteiger partial charge in [0.05, 0.1) is 16.7 Å². The second-order valence-corrected chi connectivity index (χ2v) is 8.30. The zero-order chi connectivity index (χ0) is 23.7. The largest absolute Gasteiger partial charge is 0.489 e. The third-order valence-corrected chi connectivity index (χ3v) is 5.55. The van der Waals surface area contributed by atoms with E-state index in [1.807, 2.05) is 36.4 Å². The summed E-state index contributed by atoms with van der Waals surface area (Å²) < 4.78 is 11.3. The molecule has 2 amide bonds. The molecule has 2 aliphatic heterocycles. The normalized spacial score (nSPS) is 17.4. The van der Waals surface area contributed by atoms with Gasteiger partial charge >= 0.3 is 0 Å². The van der Waals surface area contributed by atoms with Gasteiger partial charge in [0.15, 0.2) is 0 Å². The van der Waals surface area contributed by atoms with Crippen molar-refractivity contribution in [3.8, 4) is 17.6 Å². The Morgan fingerprint density at radius 1 is 1.06 bits per heavy atom. The maximum Gasteiger partial charge on any atom is 0.255 e. The molecule has 33 heavy (non-hydrogen) atoms. The molecular weight excluding hydrogens is 465 g/mol. The van der Waals surface area contributed by atoms with Gasteiger partial charge < -0.3 is 20.1 Å². The van der Waals surface area contributed by atoms with Crippen LogP contribution in [0.1, 0.15) is 28.8 Å². The molecule has 1 fully saturated rings. The zero-order valence-electron chi connectivity index (χ0n) is 17.8. The second-order valence-electron chi connectivity index (χ2n) is 7.46. The predicted octanol–water partition coefficient (Wildman–Crippen LogP) is 4.08. The summed E-state index contributed by atoms with van der Waals surface area (Å²) in [5, 5.41) is 14.7. The Kier molecular flexibility index (Phi) is 8.58. The summed E-state index contributed by atoms with van der Waals surface area (Å²) >= 11 is 12.2. The van der Waals surface area contributed by atoms with Crippen molar-refractivity contribution in [1.82, 2.24) is 10.6 Å². The Hall–Kier alpha value is -3.21. The number of rotatable bonds is 2. The van der Waals surface area contributed by atoms with Gasteiger partial charge in [-0.2, -0.15) is 5.26 Å². The van der Waals surface area contributed by atoms with E-state index in [0.717, 1.165) is 18.4 Å². The van der Waals surface area contributed by atoms with Crippen molar-refractivity contribution in [3.05, 3.63) is 69.7 Å². The molecule has 2 aromatic carbocycles. The lowest BCUT2D eigenvalue weighted by Gasteiger charge is -2.13. The fraction of sp³-hybridized carbons (Fsp3) is 0.292. The molecule has 0 spiro atoms. The van der Waals surface area contributed by atoms with E-state index in [0.29, 0.717) is 59.7 Å². The first kappa shape index (κ1) is 24.4. The van der Waals surface area contributed by atoms with E-state index in [-0.39, 0.29) is 5.91 Å². The van der Waals surface area contributed by atoms with Crippen LogP contribution in [0.5, 0.6) is 11.5 Å². The van der Waals surface area contributed by atoms with Crippen LogP contribution in [0.15, 0.2) is 48.6 Å². The molecule has 1 saturated carbocycles. The van der Waals surface area contributed by atoms with Crippen molar-refractivity contribution < 1.29 is 19.1 Å². The first-order chi connectivity index (χ1) is 16.0.